The average Bonchev–Trinajstić information content (AvgIpc) is 2.33. The van der Waals surface area contributed by atoms with Crippen LogP contribution in [0.4, 0.5) is 0 Å². The van der Waals surface area contributed by atoms with Gasteiger partial charge in [0.25, 0.3) is 0 Å². The Balaban J connectivity index is 2.45. The van der Waals surface area contributed by atoms with E-state index in [0.717, 1.165) is 13.0 Å². The maximum absolute atomic E-state index is 6.24. The van der Waals surface area contributed by atoms with Crippen LogP contribution in [0.2, 0.25) is 0 Å². The van der Waals surface area contributed by atoms with Crippen LogP contribution in [-0.4, -0.2) is 18.1 Å². The summed E-state index contributed by atoms with van der Waals surface area (Å²) in [6, 6.07) is 0. The summed E-state index contributed by atoms with van der Waals surface area (Å²) in [6.07, 6.45) is 1.49. The van der Waals surface area contributed by atoms with Gasteiger partial charge in [-0.05, 0) is 19.3 Å². The van der Waals surface area contributed by atoms with Gasteiger partial charge in [-0.25, -0.2) is 0 Å². The van der Waals surface area contributed by atoms with E-state index < -0.39 is 0 Å². The van der Waals surface area contributed by atoms with Gasteiger partial charge >= 0.3 is 0 Å². The number of hydrogen-bond donors (Lipinski definition) is 0. The van der Waals surface area contributed by atoms with Gasteiger partial charge in [0.2, 0.25) is 0 Å². The molecule has 0 aliphatic carbocycles. The van der Waals surface area contributed by atoms with Crippen molar-refractivity contribution in [2.24, 2.45) is 11.8 Å². The van der Waals surface area contributed by atoms with E-state index in [1.165, 1.54) is 0 Å². The molecule has 0 amide bonds. The molecule has 1 aliphatic heterocycles. The van der Waals surface area contributed by atoms with Crippen LogP contribution in [-0.2, 0) is 4.74 Å². The number of hydrogen-bond acceptors (Lipinski definition) is 1. The SMILES string of the molecule is CC(C)C(Cl)C1CCOC1C. The van der Waals surface area contributed by atoms with Crippen molar-refractivity contribution < 1.29 is 4.74 Å². The second kappa shape index (κ2) is 3.77. The molecule has 1 fully saturated rings. The smallest absolute Gasteiger partial charge is 0.0590 e. The molecule has 0 saturated carbocycles. The highest BCUT2D eigenvalue weighted by atomic mass is 35.5. The molecule has 0 aromatic rings. The first-order valence-electron chi connectivity index (χ1n) is 4.38. The summed E-state index contributed by atoms with van der Waals surface area (Å²) in [7, 11) is 0. The van der Waals surface area contributed by atoms with E-state index in [0.29, 0.717) is 17.9 Å². The van der Waals surface area contributed by atoms with Crippen LogP contribution in [0.25, 0.3) is 0 Å². The molecular weight excluding hydrogens is 160 g/mol. The summed E-state index contributed by atoms with van der Waals surface area (Å²) in [6.45, 7) is 7.35. The first-order chi connectivity index (χ1) is 5.13. The van der Waals surface area contributed by atoms with Gasteiger partial charge in [-0.2, -0.15) is 0 Å². The fraction of sp³-hybridized carbons (Fsp3) is 1.00. The van der Waals surface area contributed by atoms with Crippen molar-refractivity contribution in [3.63, 3.8) is 0 Å². The zero-order valence-corrected chi connectivity index (χ0v) is 8.27. The second-order valence-electron chi connectivity index (χ2n) is 3.72. The van der Waals surface area contributed by atoms with Crippen molar-refractivity contribution in [3.05, 3.63) is 0 Å². The molecule has 1 aliphatic rings. The van der Waals surface area contributed by atoms with E-state index in [2.05, 4.69) is 20.8 Å². The summed E-state index contributed by atoms with van der Waals surface area (Å²) in [5.41, 5.74) is 0. The van der Waals surface area contributed by atoms with Crippen LogP contribution >= 0.6 is 11.6 Å². The van der Waals surface area contributed by atoms with Crippen molar-refractivity contribution in [2.75, 3.05) is 6.61 Å². The Kier molecular flexibility index (Phi) is 3.20. The maximum Gasteiger partial charge on any atom is 0.0590 e. The standard InChI is InChI=1S/C9H17ClO/c1-6(2)9(10)8-4-5-11-7(8)3/h6-9H,4-5H2,1-3H3. The number of alkyl halides is 1. The van der Waals surface area contributed by atoms with Crippen LogP contribution in [0.3, 0.4) is 0 Å². The molecule has 1 saturated heterocycles. The normalized spacial score (nSPS) is 34.6. The molecule has 2 heteroatoms. The summed E-state index contributed by atoms with van der Waals surface area (Å²) in [5.74, 6) is 1.13. The summed E-state index contributed by atoms with van der Waals surface area (Å²) < 4.78 is 5.45. The van der Waals surface area contributed by atoms with Gasteiger partial charge in [-0.1, -0.05) is 13.8 Å². The van der Waals surface area contributed by atoms with Crippen molar-refractivity contribution in [1.29, 1.82) is 0 Å². The van der Waals surface area contributed by atoms with E-state index in [1.54, 1.807) is 0 Å². The predicted molar refractivity (Wildman–Crippen MR) is 48.0 cm³/mol. The molecule has 11 heavy (non-hydrogen) atoms. The van der Waals surface area contributed by atoms with Gasteiger partial charge in [0.1, 0.15) is 0 Å². The third-order valence-corrected chi connectivity index (χ3v) is 3.31. The van der Waals surface area contributed by atoms with Gasteiger partial charge in [0, 0.05) is 17.9 Å². The minimum Gasteiger partial charge on any atom is -0.378 e. The molecule has 1 heterocycles. The quantitative estimate of drug-likeness (QED) is 0.588. The lowest BCUT2D eigenvalue weighted by atomic mass is 9.91. The Bertz CT molecular complexity index is 125. The highest BCUT2D eigenvalue weighted by Crippen LogP contribution is 2.31. The average molecular weight is 177 g/mol. The van der Waals surface area contributed by atoms with Crippen LogP contribution in [0.15, 0.2) is 0 Å². The molecule has 0 spiro atoms. The van der Waals surface area contributed by atoms with E-state index in [1.807, 2.05) is 0 Å². The molecule has 0 radical (unpaired) electrons. The van der Waals surface area contributed by atoms with Crippen LogP contribution in [0.5, 0.6) is 0 Å². The van der Waals surface area contributed by atoms with Gasteiger partial charge in [0.15, 0.2) is 0 Å². The van der Waals surface area contributed by atoms with Gasteiger partial charge < -0.3 is 4.74 Å². The van der Waals surface area contributed by atoms with Crippen molar-refractivity contribution in [1.82, 2.24) is 0 Å². The molecule has 1 rings (SSSR count). The fourth-order valence-corrected chi connectivity index (χ4v) is 1.99. The zero-order chi connectivity index (χ0) is 8.43. The molecular formula is C9H17ClO. The highest BCUT2D eigenvalue weighted by molar-refractivity contribution is 6.21. The largest absolute Gasteiger partial charge is 0.378 e. The van der Waals surface area contributed by atoms with E-state index >= 15 is 0 Å². The minimum absolute atomic E-state index is 0.285. The molecule has 66 valence electrons. The van der Waals surface area contributed by atoms with E-state index in [9.17, 15) is 0 Å². The van der Waals surface area contributed by atoms with Crippen LogP contribution < -0.4 is 0 Å². The van der Waals surface area contributed by atoms with E-state index in [-0.39, 0.29) is 5.38 Å². The fourth-order valence-electron chi connectivity index (χ4n) is 1.66. The summed E-state index contributed by atoms with van der Waals surface area (Å²) in [5, 5.41) is 0.285. The Morgan fingerprint density at radius 2 is 2.09 bits per heavy atom. The number of ether oxygens (including phenoxy) is 1. The summed E-state index contributed by atoms with van der Waals surface area (Å²) in [4.78, 5) is 0. The first kappa shape index (κ1) is 9.34. The lowest BCUT2D eigenvalue weighted by Gasteiger charge is -2.22. The monoisotopic (exact) mass is 176 g/mol. The van der Waals surface area contributed by atoms with Gasteiger partial charge in [-0.3, -0.25) is 0 Å². The zero-order valence-electron chi connectivity index (χ0n) is 7.51. The third kappa shape index (κ3) is 2.09. The molecule has 3 atom stereocenters. The lowest BCUT2D eigenvalue weighted by Crippen LogP contribution is -2.26. The number of rotatable bonds is 2. The molecule has 3 unspecified atom stereocenters. The Morgan fingerprint density at radius 3 is 2.45 bits per heavy atom. The third-order valence-electron chi connectivity index (χ3n) is 2.48. The van der Waals surface area contributed by atoms with Crippen LogP contribution in [0.1, 0.15) is 27.2 Å². The van der Waals surface area contributed by atoms with Crippen molar-refractivity contribution >= 4 is 11.6 Å². The van der Waals surface area contributed by atoms with Crippen molar-refractivity contribution in [3.8, 4) is 0 Å². The minimum atomic E-state index is 0.285. The molecule has 0 aromatic carbocycles. The van der Waals surface area contributed by atoms with Crippen molar-refractivity contribution in [2.45, 2.75) is 38.7 Å². The molecule has 0 bridgehead atoms. The van der Waals surface area contributed by atoms with Gasteiger partial charge in [-0.15, -0.1) is 11.6 Å². The Hall–Kier alpha value is 0.250. The Labute approximate surface area is 74.1 Å². The summed E-state index contributed by atoms with van der Waals surface area (Å²) >= 11 is 6.24. The lowest BCUT2D eigenvalue weighted by molar-refractivity contribution is 0.102. The van der Waals surface area contributed by atoms with Crippen LogP contribution in [0, 0.1) is 11.8 Å². The Morgan fingerprint density at radius 1 is 1.45 bits per heavy atom. The van der Waals surface area contributed by atoms with Gasteiger partial charge in [0.05, 0.1) is 6.10 Å². The highest BCUT2D eigenvalue weighted by Gasteiger charge is 2.31. The first-order valence-corrected chi connectivity index (χ1v) is 4.82. The van der Waals surface area contributed by atoms with E-state index in [4.69, 9.17) is 16.3 Å². The maximum atomic E-state index is 6.24. The molecule has 0 aromatic heterocycles. The number of halogens is 1. The topological polar surface area (TPSA) is 9.23 Å². The molecule has 1 nitrogen and oxygen atoms in total. The molecule has 0 N–H and O–H groups in total. The second-order valence-corrected chi connectivity index (χ2v) is 4.22. The predicted octanol–water partition coefficient (Wildman–Crippen LogP) is 2.67.